The minimum Gasteiger partial charge on any atom is -0.457 e. The van der Waals surface area contributed by atoms with Gasteiger partial charge in [-0.05, 0) is 60.3 Å². The first-order valence-corrected chi connectivity index (χ1v) is 9.68. The Hall–Kier alpha value is -3.43. The molecular weight excluding hydrogens is 433 g/mol. The van der Waals surface area contributed by atoms with Gasteiger partial charge in [-0.25, -0.2) is 9.38 Å². The van der Waals surface area contributed by atoms with Gasteiger partial charge < -0.3 is 9.73 Å². The van der Waals surface area contributed by atoms with Crippen molar-refractivity contribution in [3.05, 3.63) is 86.2 Å². The number of carbonyl (C=O) groups excluding carboxylic acids is 1. The number of nitrogens with one attached hydrogen (secondary N) is 1. The van der Waals surface area contributed by atoms with Gasteiger partial charge in [-0.15, -0.1) is 0 Å². The number of nitrogens with zero attached hydrogens (tertiary/aromatic N) is 2. The summed E-state index contributed by atoms with van der Waals surface area (Å²) in [5.74, 6) is 0.0664. The highest BCUT2D eigenvalue weighted by molar-refractivity contribution is 8.18. The molecule has 1 saturated heterocycles. The van der Waals surface area contributed by atoms with E-state index in [1.807, 2.05) is 0 Å². The number of hydrogen-bond donors (Lipinski definition) is 1. The number of thioether (sulfide) groups is 1. The van der Waals surface area contributed by atoms with Crippen LogP contribution in [0.25, 0.3) is 17.4 Å². The van der Waals surface area contributed by atoms with Gasteiger partial charge in [-0.1, -0.05) is 11.6 Å². The molecule has 1 N–H and O–H groups in total. The summed E-state index contributed by atoms with van der Waals surface area (Å²) in [4.78, 5) is 27.3. The van der Waals surface area contributed by atoms with E-state index >= 15 is 0 Å². The summed E-state index contributed by atoms with van der Waals surface area (Å²) in [6.45, 7) is 0. The van der Waals surface area contributed by atoms with Gasteiger partial charge in [-0.3, -0.25) is 14.9 Å². The molecule has 10 heteroatoms. The van der Waals surface area contributed by atoms with Crippen molar-refractivity contribution in [2.24, 2.45) is 4.99 Å². The lowest BCUT2D eigenvalue weighted by atomic mass is 10.1. The summed E-state index contributed by atoms with van der Waals surface area (Å²) in [5, 5.41) is 14.1. The SMILES string of the molecule is O=C1NC(=Nc2ccc(F)cc2)S/C1=C\c1ccc(-c2ccc(Cl)c([N+](=O)[O-])c2)o1. The molecule has 30 heavy (non-hydrogen) atoms. The van der Waals surface area contributed by atoms with Crippen molar-refractivity contribution in [3.8, 4) is 11.3 Å². The van der Waals surface area contributed by atoms with Crippen molar-refractivity contribution >= 4 is 51.9 Å². The monoisotopic (exact) mass is 443 g/mol. The number of nitro groups is 1. The molecule has 0 spiro atoms. The Morgan fingerprint density at radius 1 is 1.17 bits per heavy atom. The van der Waals surface area contributed by atoms with Gasteiger partial charge in [0.15, 0.2) is 5.17 Å². The quantitative estimate of drug-likeness (QED) is 0.324. The van der Waals surface area contributed by atoms with Crippen LogP contribution in [0, 0.1) is 15.9 Å². The molecular formula is C20H11ClFN3O4S. The van der Waals surface area contributed by atoms with Gasteiger partial charge in [0.1, 0.15) is 22.4 Å². The van der Waals surface area contributed by atoms with Crippen molar-refractivity contribution in [2.45, 2.75) is 0 Å². The van der Waals surface area contributed by atoms with E-state index in [9.17, 15) is 19.3 Å². The molecule has 1 aromatic heterocycles. The highest BCUT2D eigenvalue weighted by atomic mass is 35.5. The van der Waals surface area contributed by atoms with E-state index in [0.29, 0.717) is 32.8 Å². The molecule has 1 amide bonds. The minimum atomic E-state index is -0.570. The number of benzene rings is 2. The van der Waals surface area contributed by atoms with Crippen LogP contribution in [0.4, 0.5) is 15.8 Å². The number of rotatable bonds is 4. The standard InChI is InChI=1S/C20H11ClFN3O4S/c21-15-7-1-11(9-16(15)25(27)28)17-8-6-14(29-17)10-18-19(26)24-20(30-18)23-13-4-2-12(22)3-5-13/h1-10H,(H,23,24,26)/b18-10-. The Morgan fingerprint density at radius 2 is 1.93 bits per heavy atom. The number of amides is 1. The summed E-state index contributed by atoms with van der Waals surface area (Å²) in [6, 6.07) is 13.2. The number of aliphatic imine (C=N–C) groups is 1. The van der Waals surface area contributed by atoms with Crippen LogP contribution in [0.15, 0.2) is 68.9 Å². The topological polar surface area (TPSA) is 97.7 Å². The number of hydrogen-bond acceptors (Lipinski definition) is 6. The van der Waals surface area contributed by atoms with Crippen LogP contribution in [-0.4, -0.2) is 16.0 Å². The maximum absolute atomic E-state index is 13.0. The lowest BCUT2D eigenvalue weighted by molar-refractivity contribution is -0.384. The molecule has 0 bridgehead atoms. The summed E-state index contributed by atoms with van der Waals surface area (Å²) in [6.07, 6.45) is 1.54. The number of halogens is 2. The van der Waals surface area contributed by atoms with Crippen LogP contribution in [0.1, 0.15) is 5.76 Å². The molecule has 2 heterocycles. The van der Waals surface area contributed by atoms with Crippen molar-refractivity contribution in [3.63, 3.8) is 0 Å². The van der Waals surface area contributed by atoms with Gasteiger partial charge in [0, 0.05) is 17.7 Å². The predicted molar refractivity (Wildman–Crippen MR) is 113 cm³/mol. The average Bonchev–Trinajstić information content (AvgIpc) is 3.31. The first-order chi connectivity index (χ1) is 14.4. The Balaban J connectivity index is 1.56. The summed E-state index contributed by atoms with van der Waals surface area (Å²) >= 11 is 6.95. The third kappa shape index (κ3) is 4.27. The van der Waals surface area contributed by atoms with Crippen LogP contribution in [0.3, 0.4) is 0 Å². The van der Waals surface area contributed by atoms with Crippen molar-refractivity contribution in [2.75, 3.05) is 0 Å². The van der Waals surface area contributed by atoms with E-state index in [0.717, 1.165) is 11.8 Å². The molecule has 0 saturated carbocycles. The second kappa shape index (κ2) is 8.13. The molecule has 1 fully saturated rings. The molecule has 0 aliphatic carbocycles. The molecule has 7 nitrogen and oxygen atoms in total. The molecule has 2 aromatic carbocycles. The average molecular weight is 444 g/mol. The van der Waals surface area contributed by atoms with E-state index in [-0.39, 0.29) is 22.4 Å². The van der Waals surface area contributed by atoms with Gasteiger partial charge in [0.2, 0.25) is 0 Å². The van der Waals surface area contributed by atoms with E-state index in [2.05, 4.69) is 10.3 Å². The fourth-order valence-electron chi connectivity index (χ4n) is 2.63. The first kappa shape index (κ1) is 19.9. The summed E-state index contributed by atoms with van der Waals surface area (Å²) in [7, 11) is 0. The lowest BCUT2D eigenvalue weighted by Gasteiger charge is -1.99. The highest BCUT2D eigenvalue weighted by Crippen LogP contribution is 2.33. The number of nitro benzene ring substituents is 1. The summed E-state index contributed by atoms with van der Waals surface area (Å²) in [5.41, 5.74) is 0.765. The number of carbonyl (C=O) groups is 1. The second-order valence-corrected chi connectivity index (χ2v) is 7.52. The summed E-state index contributed by atoms with van der Waals surface area (Å²) < 4.78 is 18.7. The highest BCUT2D eigenvalue weighted by Gasteiger charge is 2.24. The van der Waals surface area contributed by atoms with Crippen molar-refractivity contribution < 1.29 is 18.5 Å². The molecule has 3 aromatic rings. The minimum absolute atomic E-state index is 0.0321. The maximum atomic E-state index is 13.0. The lowest BCUT2D eigenvalue weighted by Crippen LogP contribution is -2.19. The molecule has 4 rings (SSSR count). The van der Waals surface area contributed by atoms with Gasteiger partial charge in [-0.2, -0.15) is 0 Å². The van der Waals surface area contributed by atoms with E-state index in [1.54, 1.807) is 24.3 Å². The predicted octanol–water partition coefficient (Wildman–Crippen LogP) is 5.54. The molecule has 0 radical (unpaired) electrons. The zero-order valence-corrected chi connectivity index (χ0v) is 16.5. The normalized spacial score (nSPS) is 16.3. The van der Waals surface area contributed by atoms with Crippen molar-refractivity contribution in [1.29, 1.82) is 0 Å². The second-order valence-electron chi connectivity index (χ2n) is 6.08. The zero-order chi connectivity index (χ0) is 21.3. The van der Waals surface area contributed by atoms with Crippen LogP contribution in [-0.2, 0) is 4.79 Å². The van der Waals surface area contributed by atoms with Crippen LogP contribution < -0.4 is 5.32 Å². The Bertz CT molecular complexity index is 1220. The number of amidine groups is 1. The molecule has 0 atom stereocenters. The van der Waals surface area contributed by atoms with Gasteiger partial charge in [0.25, 0.3) is 11.6 Å². The van der Waals surface area contributed by atoms with Crippen LogP contribution in [0.2, 0.25) is 5.02 Å². The van der Waals surface area contributed by atoms with Gasteiger partial charge >= 0.3 is 0 Å². The van der Waals surface area contributed by atoms with Gasteiger partial charge in [0.05, 0.1) is 15.5 Å². The number of furan rings is 1. The third-order valence-electron chi connectivity index (χ3n) is 4.04. The smallest absolute Gasteiger partial charge is 0.288 e. The van der Waals surface area contributed by atoms with Crippen molar-refractivity contribution in [1.82, 2.24) is 5.32 Å². The molecule has 1 aliphatic rings. The van der Waals surface area contributed by atoms with Crippen LogP contribution >= 0.6 is 23.4 Å². The third-order valence-corrected chi connectivity index (χ3v) is 5.27. The maximum Gasteiger partial charge on any atom is 0.288 e. The largest absolute Gasteiger partial charge is 0.457 e. The van der Waals surface area contributed by atoms with E-state index < -0.39 is 4.92 Å². The Labute approximate surface area is 178 Å². The first-order valence-electron chi connectivity index (χ1n) is 8.48. The van der Waals surface area contributed by atoms with E-state index in [1.165, 1.54) is 36.4 Å². The van der Waals surface area contributed by atoms with Crippen LogP contribution in [0.5, 0.6) is 0 Å². The molecule has 150 valence electrons. The fraction of sp³-hybridized carbons (Fsp3) is 0. The fourth-order valence-corrected chi connectivity index (χ4v) is 3.64. The zero-order valence-electron chi connectivity index (χ0n) is 15.0. The Morgan fingerprint density at radius 3 is 2.67 bits per heavy atom. The molecule has 0 unspecified atom stereocenters. The molecule has 1 aliphatic heterocycles. The van der Waals surface area contributed by atoms with E-state index in [4.69, 9.17) is 16.0 Å². The Kier molecular flexibility index (Phi) is 5.39.